The average Bonchev–Trinajstić information content (AvgIpc) is 2.89. The van der Waals surface area contributed by atoms with E-state index in [1.807, 2.05) is 43.4 Å². The summed E-state index contributed by atoms with van der Waals surface area (Å²) in [6.45, 7) is 4.35. The lowest BCUT2D eigenvalue weighted by Crippen LogP contribution is -2.12. The van der Waals surface area contributed by atoms with Gasteiger partial charge in [0.2, 0.25) is 0 Å². The highest BCUT2D eigenvalue weighted by molar-refractivity contribution is 6.45. The predicted molar refractivity (Wildman–Crippen MR) is 106 cm³/mol. The lowest BCUT2D eigenvalue weighted by Gasteiger charge is -2.11. The van der Waals surface area contributed by atoms with Gasteiger partial charge in [0, 0.05) is 11.1 Å². The van der Waals surface area contributed by atoms with Crippen LogP contribution in [0.3, 0.4) is 0 Å². The first-order valence-electron chi connectivity index (χ1n) is 8.41. The van der Waals surface area contributed by atoms with Gasteiger partial charge in [0.25, 0.3) is 0 Å². The van der Waals surface area contributed by atoms with Crippen molar-refractivity contribution in [3.05, 3.63) is 63.8 Å². The van der Waals surface area contributed by atoms with Crippen LogP contribution in [0.15, 0.2) is 42.5 Å². The first-order valence-corrected chi connectivity index (χ1v) is 9.17. The maximum atomic E-state index is 6.54. The summed E-state index contributed by atoms with van der Waals surface area (Å²) in [4.78, 5) is 0. The monoisotopic (exact) mass is 376 g/mol. The van der Waals surface area contributed by atoms with E-state index in [2.05, 4.69) is 22.9 Å². The Morgan fingerprint density at radius 2 is 1.84 bits per heavy atom. The van der Waals surface area contributed by atoms with Crippen molar-refractivity contribution in [1.29, 1.82) is 0 Å². The fraction of sp³-hybridized carbons (Fsp3) is 0.300. The first kappa shape index (κ1) is 18.1. The van der Waals surface area contributed by atoms with Gasteiger partial charge in [-0.2, -0.15) is 0 Å². The van der Waals surface area contributed by atoms with Crippen molar-refractivity contribution in [2.45, 2.75) is 19.9 Å². The second-order valence-corrected chi connectivity index (χ2v) is 6.77. The molecule has 5 heteroatoms. The van der Waals surface area contributed by atoms with Gasteiger partial charge in [-0.1, -0.05) is 47.5 Å². The number of likely N-dealkylation sites (N-methyl/N-ethyl adjacent to an activating group) is 1. The largest absolute Gasteiger partial charge is 0.492 e. The summed E-state index contributed by atoms with van der Waals surface area (Å²) in [6.07, 6.45) is 0.948. The topological polar surface area (TPSA) is 26.2 Å². The van der Waals surface area contributed by atoms with E-state index in [0.717, 1.165) is 30.8 Å². The molecule has 0 bridgehead atoms. The number of halogens is 2. The first-order chi connectivity index (χ1) is 12.1. The minimum Gasteiger partial charge on any atom is -0.492 e. The van der Waals surface area contributed by atoms with Crippen LogP contribution in [0, 0.1) is 6.92 Å². The molecule has 0 saturated heterocycles. The van der Waals surface area contributed by atoms with Crippen molar-refractivity contribution >= 4 is 34.1 Å². The molecule has 0 aliphatic rings. The number of hydrogen-bond acceptors (Lipinski definition) is 2. The van der Waals surface area contributed by atoms with Gasteiger partial charge in [-0.05, 0) is 50.7 Å². The van der Waals surface area contributed by atoms with Gasteiger partial charge in [-0.15, -0.1) is 0 Å². The molecule has 0 radical (unpaired) electrons. The van der Waals surface area contributed by atoms with Crippen molar-refractivity contribution in [3.63, 3.8) is 0 Å². The molecule has 1 N–H and O–H groups in total. The summed E-state index contributed by atoms with van der Waals surface area (Å²) in [7, 11) is 1.96. The summed E-state index contributed by atoms with van der Waals surface area (Å²) in [5.74, 6) is 0.871. The Kier molecular flexibility index (Phi) is 5.89. The third-order valence-electron chi connectivity index (χ3n) is 4.46. The highest BCUT2D eigenvalue weighted by atomic mass is 35.5. The molecule has 3 rings (SSSR count). The molecule has 0 saturated carbocycles. The Balaban J connectivity index is 1.92. The van der Waals surface area contributed by atoms with Crippen LogP contribution in [0.4, 0.5) is 0 Å². The smallest absolute Gasteiger partial charge is 0.119 e. The number of ether oxygens (including phenoxy) is 1. The minimum absolute atomic E-state index is 0.572. The number of rotatable bonds is 7. The van der Waals surface area contributed by atoms with E-state index in [-0.39, 0.29) is 0 Å². The van der Waals surface area contributed by atoms with Crippen molar-refractivity contribution in [2.75, 3.05) is 20.2 Å². The third-order valence-corrected chi connectivity index (χ3v) is 5.25. The van der Waals surface area contributed by atoms with E-state index in [9.17, 15) is 0 Å². The highest BCUT2D eigenvalue weighted by Crippen LogP contribution is 2.36. The Bertz CT molecular complexity index is 859. The summed E-state index contributed by atoms with van der Waals surface area (Å²) < 4.78 is 8.08. The zero-order valence-corrected chi connectivity index (χ0v) is 16.0. The minimum atomic E-state index is 0.572. The molecule has 25 heavy (non-hydrogen) atoms. The molecular formula is C20H22Cl2N2O. The Labute approximate surface area is 158 Å². The fourth-order valence-electron chi connectivity index (χ4n) is 3.19. The summed E-state index contributed by atoms with van der Waals surface area (Å²) >= 11 is 12.8. The number of fused-ring (bicyclic) bond motifs is 1. The van der Waals surface area contributed by atoms with Gasteiger partial charge >= 0.3 is 0 Å². The lowest BCUT2D eigenvalue weighted by molar-refractivity contribution is 0.299. The zero-order valence-electron chi connectivity index (χ0n) is 14.5. The Morgan fingerprint density at radius 1 is 1.08 bits per heavy atom. The molecule has 0 aliphatic carbocycles. The van der Waals surface area contributed by atoms with Gasteiger partial charge < -0.3 is 14.6 Å². The summed E-state index contributed by atoms with van der Waals surface area (Å²) in [5, 5.41) is 5.57. The molecule has 0 spiro atoms. The van der Waals surface area contributed by atoms with Crippen LogP contribution in [0.25, 0.3) is 10.9 Å². The Hall–Kier alpha value is -1.68. The molecule has 132 valence electrons. The van der Waals surface area contributed by atoms with E-state index in [1.54, 1.807) is 0 Å². The van der Waals surface area contributed by atoms with Crippen LogP contribution in [0.2, 0.25) is 10.0 Å². The van der Waals surface area contributed by atoms with E-state index in [0.29, 0.717) is 16.7 Å². The molecule has 3 aromatic rings. The second-order valence-electron chi connectivity index (χ2n) is 5.99. The summed E-state index contributed by atoms with van der Waals surface area (Å²) in [5.41, 5.74) is 3.52. The molecule has 1 heterocycles. The van der Waals surface area contributed by atoms with Crippen molar-refractivity contribution in [1.82, 2.24) is 9.88 Å². The van der Waals surface area contributed by atoms with Gasteiger partial charge in [0.05, 0.1) is 22.1 Å². The van der Waals surface area contributed by atoms with Gasteiger partial charge in [-0.25, -0.2) is 0 Å². The molecule has 2 aromatic carbocycles. The standard InChI is InChI=1S/C20H22Cl2N2O/c1-14-16(10-11-23-2)17-8-9-18(21)19(22)20(17)24(14)12-13-25-15-6-4-3-5-7-15/h3-9,23H,10-13H2,1-2H3. The maximum absolute atomic E-state index is 6.54. The Morgan fingerprint density at radius 3 is 2.56 bits per heavy atom. The van der Waals surface area contributed by atoms with Crippen LogP contribution in [-0.2, 0) is 13.0 Å². The van der Waals surface area contributed by atoms with E-state index in [1.165, 1.54) is 16.6 Å². The predicted octanol–water partition coefficient (Wildman–Crippen LogP) is 5.10. The number of nitrogens with one attached hydrogen (secondary N) is 1. The summed E-state index contributed by atoms with van der Waals surface area (Å²) in [6, 6.07) is 13.8. The van der Waals surface area contributed by atoms with Gasteiger partial charge in [0.15, 0.2) is 0 Å². The number of nitrogens with zero attached hydrogens (tertiary/aromatic N) is 1. The molecule has 0 unspecified atom stereocenters. The normalized spacial score (nSPS) is 11.2. The van der Waals surface area contributed by atoms with Gasteiger partial charge in [0.1, 0.15) is 12.4 Å². The van der Waals surface area contributed by atoms with Crippen LogP contribution in [0.1, 0.15) is 11.3 Å². The van der Waals surface area contributed by atoms with E-state index in [4.69, 9.17) is 27.9 Å². The van der Waals surface area contributed by atoms with E-state index >= 15 is 0 Å². The maximum Gasteiger partial charge on any atom is 0.119 e. The molecular weight excluding hydrogens is 355 g/mol. The SMILES string of the molecule is CNCCc1c(C)n(CCOc2ccccc2)c2c(Cl)c(Cl)ccc12. The van der Waals surface area contributed by atoms with Crippen molar-refractivity contribution in [3.8, 4) is 5.75 Å². The third kappa shape index (κ3) is 3.79. The number of aromatic nitrogens is 1. The second kappa shape index (κ2) is 8.13. The van der Waals surface area contributed by atoms with Gasteiger partial charge in [-0.3, -0.25) is 0 Å². The fourth-order valence-corrected chi connectivity index (χ4v) is 3.61. The highest BCUT2D eigenvalue weighted by Gasteiger charge is 2.17. The zero-order chi connectivity index (χ0) is 17.8. The lowest BCUT2D eigenvalue weighted by atomic mass is 10.1. The number of hydrogen-bond donors (Lipinski definition) is 1. The van der Waals surface area contributed by atoms with Crippen molar-refractivity contribution < 1.29 is 4.74 Å². The number of benzene rings is 2. The van der Waals surface area contributed by atoms with Crippen LogP contribution in [-0.4, -0.2) is 24.8 Å². The number of para-hydroxylation sites is 1. The molecule has 0 atom stereocenters. The van der Waals surface area contributed by atoms with Crippen LogP contribution < -0.4 is 10.1 Å². The average molecular weight is 377 g/mol. The van der Waals surface area contributed by atoms with E-state index < -0.39 is 0 Å². The quantitative estimate of drug-likeness (QED) is 0.620. The van der Waals surface area contributed by atoms with Crippen LogP contribution in [0.5, 0.6) is 5.75 Å². The van der Waals surface area contributed by atoms with Crippen LogP contribution >= 0.6 is 23.2 Å². The molecule has 0 fully saturated rings. The molecule has 0 amide bonds. The molecule has 1 aromatic heterocycles. The molecule has 0 aliphatic heterocycles. The van der Waals surface area contributed by atoms with Crippen molar-refractivity contribution in [2.24, 2.45) is 0 Å². The molecule has 3 nitrogen and oxygen atoms in total.